The standard InChI is InChI=1S/C17H16BrN3O/c1-12-15(17(22)21(2)10-4-9-19)7-8-16(20-12)13-5-3-6-14(18)11-13/h3,5-8,11H,4,10H2,1-2H3. The highest BCUT2D eigenvalue weighted by atomic mass is 79.9. The number of aromatic nitrogens is 1. The zero-order valence-electron chi connectivity index (χ0n) is 12.5. The van der Waals surface area contributed by atoms with Crippen molar-refractivity contribution in [1.29, 1.82) is 5.26 Å². The van der Waals surface area contributed by atoms with Gasteiger partial charge in [-0.1, -0.05) is 28.1 Å². The highest BCUT2D eigenvalue weighted by Crippen LogP contribution is 2.22. The van der Waals surface area contributed by atoms with Crippen LogP contribution < -0.4 is 0 Å². The van der Waals surface area contributed by atoms with Crippen molar-refractivity contribution in [2.24, 2.45) is 0 Å². The van der Waals surface area contributed by atoms with Crippen molar-refractivity contribution < 1.29 is 4.79 Å². The van der Waals surface area contributed by atoms with Crippen LogP contribution in [0.2, 0.25) is 0 Å². The summed E-state index contributed by atoms with van der Waals surface area (Å²) >= 11 is 3.44. The van der Waals surface area contributed by atoms with E-state index in [9.17, 15) is 4.79 Å². The zero-order chi connectivity index (χ0) is 16.1. The largest absolute Gasteiger partial charge is 0.341 e. The molecule has 5 heteroatoms. The van der Waals surface area contributed by atoms with E-state index in [1.165, 1.54) is 0 Å². The third-order valence-electron chi connectivity index (χ3n) is 3.34. The van der Waals surface area contributed by atoms with Gasteiger partial charge in [0.05, 0.1) is 29.4 Å². The van der Waals surface area contributed by atoms with Crippen LogP contribution in [0.1, 0.15) is 22.5 Å². The van der Waals surface area contributed by atoms with Gasteiger partial charge in [-0.15, -0.1) is 0 Å². The molecule has 112 valence electrons. The van der Waals surface area contributed by atoms with Crippen molar-refractivity contribution >= 4 is 21.8 Å². The first-order valence-electron chi connectivity index (χ1n) is 6.89. The van der Waals surface area contributed by atoms with Gasteiger partial charge in [0.2, 0.25) is 0 Å². The second-order valence-electron chi connectivity index (χ2n) is 4.97. The van der Waals surface area contributed by atoms with Crippen molar-refractivity contribution in [1.82, 2.24) is 9.88 Å². The molecule has 1 heterocycles. The summed E-state index contributed by atoms with van der Waals surface area (Å²) in [6.07, 6.45) is 0.324. The van der Waals surface area contributed by atoms with Crippen LogP contribution in [-0.2, 0) is 0 Å². The molecule has 0 aliphatic heterocycles. The number of nitrogens with zero attached hydrogens (tertiary/aromatic N) is 3. The van der Waals surface area contributed by atoms with Crippen LogP contribution in [0.3, 0.4) is 0 Å². The number of benzene rings is 1. The monoisotopic (exact) mass is 357 g/mol. The Bertz CT molecular complexity index is 737. The van der Waals surface area contributed by atoms with E-state index in [0.717, 1.165) is 15.7 Å². The van der Waals surface area contributed by atoms with Crippen LogP contribution in [-0.4, -0.2) is 29.4 Å². The molecule has 1 aromatic heterocycles. The van der Waals surface area contributed by atoms with Gasteiger partial charge in [0.1, 0.15) is 0 Å². The predicted molar refractivity (Wildman–Crippen MR) is 89.3 cm³/mol. The molecule has 0 radical (unpaired) electrons. The van der Waals surface area contributed by atoms with Crippen molar-refractivity contribution in [2.45, 2.75) is 13.3 Å². The van der Waals surface area contributed by atoms with Gasteiger partial charge in [0.15, 0.2) is 0 Å². The minimum Gasteiger partial charge on any atom is -0.341 e. The molecule has 1 amide bonds. The summed E-state index contributed by atoms with van der Waals surface area (Å²) in [5.74, 6) is -0.110. The van der Waals surface area contributed by atoms with Gasteiger partial charge >= 0.3 is 0 Å². The molecule has 0 N–H and O–H groups in total. The van der Waals surface area contributed by atoms with E-state index in [2.05, 4.69) is 20.9 Å². The molecule has 0 saturated heterocycles. The summed E-state index contributed by atoms with van der Waals surface area (Å²) in [5.41, 5.74) is 3.08. The fourth-order valence-electron chi connectivity index (χ4n) is 2.12. The minimum atomic E-state index is -0.110. The van der Waals surface area contributed by atoms with Crippen LogP contribution in [0.5, 0.6) is 0 Å². The maximum Gasteiger partial charge on any atom is 0.255 e. The number of pyridine rings is 1. The molecule has 4 nitrogen and oxygen atoms in total. The third kappa shape index (κ3) is 3.71. The zero-order valence-corrected chi connectivity index (χ0v) is 14.1. The summed E-state index contributed by atoms with van der Waals surface area (Å²) < 4.78 is 0.987. The molecule has 2 rings (SSSR count). The van der Waals surface area contributed by atoms with Crippen molar-refractivity contribution in [3.05, 3.63) is 52.1 Å². The molecular weight excluding hydrogens is 342 g/mol. The van der Waals surface area contributed by atoms with E-state index in [1.54, 1.807) is 18.0 Å². The minimum absolute atomic E-state index is 0.110. The van der Waals surface area contributed by atoms with E-state index >= 15 is 0 Å². The van der Waals surface area contributed by atoms with Crippen LogP contribution in [0, 0.1) is 18.3 Å². The number of carbonyl (C=O) groups is 1. The molecule has 0 unspecified atom stereocenters. The third-order valence-corrected chi connectivity index (χ3v) is 3.84. The number of carbonyl (C=O) groups excluding carboxylic acids is 1. The fraction of sp³-hybridized carbons (Fsp3) is 0.235. The van der Waals surface area contributed by atoms with E-state index in [0.29, 0.717) is 24.2 Å². The Morgan fingerprint density at radius 1 is 1.36 bits per heavy atom. The Kier molecular flexibility index (Phi) is 5.29. The number of hydrogen-bond acceptors (Lipinski definition) is 3. The van der Waals surface area contributed by atoms with Crippen molar-refractivity contribution in [3.8, 4) is 17.3 Å². The number of amides is 1. The lowest BCUT2D eigenvalue weighted by atomic mass is 10.1. The van der Waals surface area contributed by atoms with Gasteiger partial charge in [-0.05, 0) is 31.2 Å². The number of halogens is 1. The van der Waals surface area contributed by atoms with Crippen molar-refractivity contribution in [2.75, 3.05) is 13.6 Å². The number of hydrogen-bond donors (Lipinski definition) is 0. The van der Waals surface area contributed by atoms with Gasteiger partial charge in [-0.25, -0.2) is 0 Å². The molecular formula is C17H16BrN3O. The predicted octanol–water partition coefficient (Wildman–Crippen LogP) is 3.81. The highest BCUT2D eigenvalue weighted by Gasteiger charge is 2.15. The van der Waals surface area contributed by atoms with E-state index < -0.39 is 0 Å². The second kappa shape index (κ2) is 7.19. The van der Waals surface area contributed by atoms with Gasteiger partial charge in [-0.3, -0.25) is 9.78 Å². The normalized spacial score (nSPS) is 10.1. The average molecular weight is 358 g/mol. The van der Waals surface area contributed by atoms with Crippen molar-refractivity contribution in [3.63, 3.8) is 0 Å². The molecule has 0 aliphatic rings. The first-order chi connectivity index (χ1) is 10.5. The smallest absolute Gasteiger partial charge is 0.255 e. The van der Waals surface area contributed by atoms with Crippen LogP contribution in [0.25, 0.3) is 11.3 Å². The van der Waals surface area contributed by atoms with Crippen LogP contribution in [0.15, 0.2) is 40.9 Å². The summed E-state index contributed by atoms with van der Waals surface area (Å²) in [6, 6.07) is 13.6. The summed E-state index contributed by atoms with van der Waals surface area (Å²) in [7, 11) is 1.70. The lowest BCUT2D eigenvalue weighted by molar-refractivity contribution is 0.0797. The summed E-state index contributed by atoms with van der Waals surface area (Å²) in [5, 5.41) is 8.60. The molecule has 0 atom stereocenters. The Morgan fingerprint density at radius 2 is 2.14 bits per heavy atom. The first kappa shape index (κ1) is 16.2. The Labute approximate surface area is 138 Å². The molecule has 0 fully saturated rings. The van der Waals surface area contributed by atoms with Gasteiger partial charge < -0.3 is 4.90 Å². The van der Waals surface area contributed by atoms with Gasteiger partial charge in [0, 0.05) is 23.6 Å². The molecule has 2 aromatic rings. The topological polar surface area (TPSA) is 57.0 Å². The highest BCUT2D eigenvalue weighted by molar-refractivity contribution is 9.10. The number of nitriles is 1. The lowest BCUT2D eigenvalue weighted by Gasteiger charge is -2.17. The molecule has 0 bridgehead atoms. The summed E-state index contributed by atoms with van der Waals surface area (Å²) in [4.78, 5) is 18.4. The van der Waals surface area contributed by atoms with E-state index in [1.807, 2.05) is 43.3 Å². The maximum absolute atomic E-state index is 12.3. The summed E-state index contributed by atoms with van der Waals surface area (Å²) in [6.45, 7) is 2.25. The van der Waals surface area contributed by atoms with Gasteiger partial charge in [0.25, 0.3) is 5.91 Å². The Balaban J connectivity index is 2.27. The van der Waals surface area contributed by atoms with E-state index in [-0.39, 0.29) is 5.91 Å². The Morgan fingerprint density at radius 3 is 2.77 bits per heavy atom. The fourth-order valence-corrected chi connectivity index (χ4v) is 2.52. The SMILES string of the molecule is Cc1nc(-c2cccc(Br)c2)ccc1C(=O)N(C)CCC#N. The molecule has 0 spiro atoms. The Hall–Kier alpha value is -2.19. The van der Waals surface area contributed by atoms with Crippen LogP contribution >= 0.6 is 15.9 Å². The second-order valence-corrected chi connectivity index (χ2v) is 5.89. The molecule has 0 aliphatic carbocycles. The number of aryl methyl sites for hydroxylation is 1. The molecule has 0 saturated carbocycles. The maximum atomic E-state index is 12.3. The lowest BCUT2D eigenvalue weighted by Crippen LogP contribution is -2.28. The molecule has 1 aromatic carbocycles. The van der Waals surface area contributed by atoms with E-state index in [4.69, 9.17) is 5.26 Å². The van der Waals surface area contributed by atoms with Gasteiger partial charge in [-0.2, -0.15) is 5.26 Å². The number of rotatable bonds is 4. The quantitative estimate of drug-likeness (QED) is 0.835. The average Bonchev–Trinajstić information content (AvgIpc) is 2.51. The first-order valence-corrected chi connectivity index (χ1v) is 7.68. The van der Waals surface area contributed by atoms with Crippen LogP contribution in [0.4, 0.5) is 0 Å². The molecule has 22 heavy (non-hydrogen) atoms.